The molecule has 0 unspecified atom stereocenters. The highest BCUT2D eigenvalue weighted by Crippen LogP contribution is 2.37. The summed E-state index contributed by atoms with van der Waals surface area (Å²) in [6.07, 6.45) is -4.63. The first-order valence-corrected chi connectivity index (χ1v) is 11.4. The Labute approximate surface area is 204 Å². The fourth-order valence-electron chi connectivity index (χ4n) is 4.82. The van der Waals surface area contributed by atoms with Crippen molar-refractivity contribution < 1.29 is 32.7 Å². The Balaban J connectivity index is 1.52. The number of rotatable bonds is 4. The number of anilines is 1. The number of nitrogens with zero attached hydrogens (tertiary/aromatic N) is 3. The molecule has 0 spiro atoms. The molecule has 1 N–H and O–H groups in total. The highest BCUT2D eigenvalue weighted by Gasteiger charge is 2.37. The number of alkyl halides is 3. The number of aliphatic hydroxyl groups excluding tert-OH is 1. The summed E-state index contributed by atoms with van der Waals surface area (Å²) in [6.45, 7) is 2.77. The number of benzene rings is 3. The van der Waals surface area contributed by atoms with Crippen LogP contribution in [0.4, 0.5) is 18.9 Å². The summed E-state index contributed by atoms with van der Waals surface area (Å²) in [4.78, 5) is 44.6. The lowest BCUT2D eigenvalue weighted by Crippen LogP contribution is -2.49. The third kappa shape index (κ3) is 4.02. The van der Waals surface area contributed by atoms with Crippen molar-refractivity contribution in [2.75, 3.05) is 44.2 Å². The Bertz CT molecular complexity index is 1360. The number of aliphatic hydroxyl groups is 1. The standard InChI is InChI=1S/C26H22F3N3O4/c27-26(28,29)16-3-1-4-17(15-16)32-24(35)20-6-2-5-18-19(7-8-21(22(18)20)25(32)36)23(34)31-11-9-30(10-12-31)13-14-33/h1-8,15,33H,9-14H2. The van der Waals surface area contributed by atoms with E-state index in [4.69, 9.17) is 5.11 Å². The molecule has 1 fully saturated rings. The van der Waals surface area contributed by atoms with E-state index in [1.165, 1.54) is 24.3 Å². The maximum absolute atomic E-state index is 13.4. The van der Waals surface area contributed by atoms with Crippen LogP contribution in [0.15, 0.2) is 54.6 Å². The molecule has 36 heavy (non-hydrogen) atoms. The van der Waals surface area contributed by atoms with Crippen molar-refractivity contribution in [3.63, 3.8) is 0 Å². The zero-order chi connectivity index (χ0) is 25.6. The molecule has 2 aliphatic rings. The van der Waals surface area contributed by atoms with Crippen LogP contribution in [-0.2, 0) is 6.18 Å². The quantitative estimate of drug-likeness (QED) is 0.559. The van der Waals surface area contributed by atoms with E-state index in [2.05, 4.69) is 4.90 Å². The summed E-state index contributed by atoms with van der Waals surface area (Å²) in [6, 6.07) is 11.8. The fraction of sp³-hybridized carbons (Fsp3) is 0.269. The second-order valence-corrected chi connectivity index (χ2v) is 8.74. The zero-order valence-electron chi connectivity index (χ0n) is 19.1. The van der Waals surface area contributed by atoms with E-state index in [0.29, 0.717) is 49.1 Å². The Morgan fingerprint density at radius 2 is 1.56 bits per heavy atom. The molecule has 3 amide bonds. The van der Waals surface area contributed by atoms with E-state index in [9.17, 15) is 27.6 Å². The van der Waals surface area contributed by atoms with Crippen LogP contribution in [0.3, 0.4) is 0 Å². The average molecular weight is 497 g/mol. The van der Waals surface area contributed by atoms with Crippen molar-refractivity contribution in [1.29, 1.82) is 0 Å². The molecular formula is C26H22F3N3O4. The van der Waals surface area contributed by atoms with Crippen molar-refractivity contribution >= 4 is 34.2 Å². The first kappa shape index (κ1) is 24.0. The van der Waals surface area contributed by atoms with Crippen molar-refractivity contribution in [2.24, 2.45) is 0 Å². The van der Waals surface area contributed by atoms with Gasteiger partial charge in [-0.05, 0) is 41.8 Å². The Morgan fingerprint density at radius 3 is 2.22 bits per heavy atom. The van der Waals surface area contributed by atoms with Crippen LogP contribution < -0.4 is 4.90 Å². The van der Waals surface area contributed by atoms with Gasteiger partial charge in [0.2, 0.25) is 0 Å². The maximum Gasteiger partial charge on any atom is 0.416 e. The van der Waals surface area contributed by atoms with Gasteiger partial charge in [-0.1, -0.05) is 18.2 Å². The molecule has 3 aromatic carbocycles. The minimum Gasteiger partial charge on any atom is -0.395 e. The highest BCUT2D eigenvalue weighted by molar-refractivity contribution is 6.36. The van der Waals surface area contributed by atoms with Gasteiger partial charge in [0.1, 0.15) is 0 Å². The van der Waals surface area contributed by atoms with Gasteiger partial charge >= 0.3 is 6.18 Å². The summed E-state index contributed by atoms with van der Waals surface area (Å²) < 4.78 is 39.7. The van der Waals surface area contributed by atoms with Crippen molar-refractivity contribution in [2.45, 2.75) is 6.18 Å². The molecule has 0 atom stereocenters. The van der Waals surface area contributed by atoms with Crippen LogP contribution in [0.5, 0.6) is 0 Å². The van der Waals surface area contributed by atoms with Gasteiger partial charge in [0.05, 0.1) is 17.9 Å². The zero-order valence-corrected chi connectivity index (χ0v) is 19.1. The number of hydrogen-bond acceptors (Lipinski definition) is 5. The second kappa shape index (κ2) is 9.03. The minimum absolute atomic E-state index is 0.0440. The van der Waals surface area contributed by atoms with Crippen LogP contribution in [0.2, 0.25) is 0 Å². The topological polar surface area (TPSA) is 81.2 Å². The van der Waals surface area contributed by atoms with E-state index in [1.807, 2.05) is 0 Å². The molecule has 0 radical (unpaired) electrons. The Morgan fingerprint density at radius 1 is 0.889 bits per heavy atom. The SMILES string of the molecule is O=C(c1ccc2c3c(cccc13)C(=O)N(c1cccc(C(F)(F)F)c1)C2=O)N1CCN(CCO)CC1. The van der Waals surface area contributed by atoms with Gasteiger partial charge in [-0.15, -0.1) is 0 Å². The number of carbonyl (C=O) groups excluding carboxylic acids is 3. The second-order valence-electron chi connectivity index (χ2n) is 8.74. The Hall–Kier alpha value is -3.76. The number of carbonyl (C=O) groups is 3. The summed E-state index contributed by atoms with van der Waals surface area (Å²) in [7, 11) is 0. The lowest BCUT2D eigenvalue weighted by molar-refractivity contribution is -0.137. The van der Waals surface area contributed by atoms with Crippen LogP contribution in [0, 0.1) is 0 Å². The molecule has 2 heterocycles. The molecule has 2 aliphatic heterocycles. The van der Waals surface area contributed by atoms with Gasteiger partial charge < -0.3 is 10.0 Å². The third-order valence-corrected chi connectivity index (χ3v) is 6.65. The van der Waals surface area contributed by atoms with E-state index in [-0.39, 0.29) is 29.3 Å². The predicted molar refractivity (Wildman–Crippen MR) is 126 cm³/mol. The molecule has 0 saturated carbocycles. The number of hydrogen-bond donors (Lipinski definition) is 1. The summed E-state index contributed by atoms with van der Waals surface area (Å²) in [5, 5.41) is 9.89. The summed E-state index contributed by atoms with van der Waals surface area (Å²) in [5.74, 6) is -1.73. The lowest BCUT2D eigenvalue weighted by Gasteiger charge is -2.35. The van der Waals surface area contributed by atoms with Gasteiger partial charge in [0.15, 0.2) is 0 Å². The van der Waals surface area contributed by atoms with Crippen LogP contribution in [0.25, 0.3) is 10.8 Å². The monoisotopic (exact) mass is 497 g/mol. The van der Waals surface area contributed by atoms with E-state index in [0.717, 1.165) is 23.1 Å². The third-order valence-electron chi connectivity index (χ3n) is 6.65. The van der Waals surface area contributed by atoms with Crippen LogP contribution in [-0.4, -0.2) is 72.0 Å². The first-order valence-electron chi connectivity index (χ1n) is 11.4. The molecule has 10 heteroatoms. The molecule has 0 aliphatic carbocycles. The predicted octanol–water partition coefficient (Wildman–Crippen LogP) is 3.41. The van der Waals surface area contributed by atoms with Gasteiger partial charge in [0, 0.05) is 54.8 Å². The van der Waals surface area contributed by atoms with Crippen molar-refractivity contribution in [3.8, 4) is 0 Å². The Kier molecular flexibility index (Phi) is 6.01. The molecule has 7 nitrogen and oxygen atoms in total. The van der Waals surface area contributed by atoms with Crippen LogP contribution in [0.1, 0.15) is 36.6 Å². The molecular weight excluding hydrogens is 475 g/mol. The van der Waals surface area contributed by atoms with Gasteiger partial charge in [0.25, 0.3) is 17.7 Å². The molecule has 0 aromatic heterocycles. The minimum atomic E-state index is -4.63. The van der Waals surface area contributed by atoms with Crippen molar-refractivity contribution in [1.82, 2.24) is 9.80 Å². The average Bonchev–Trinajstić information content (AvgIpc) is 2.87. The summed E-state index contributed by atoms with van der Waals surface area (Å²) in [5.41, 5.74) is -0.517. The van der Waals surface area contributed by atoms with E-state index in [1.54, 1.807) is 17.0 Å². The normalized spacial score (nSPS) is 16.7. The molecule has 1 saturated heterocycles. The maximum atomic E-state index is 13.4. The van der Waals surface area contributed by atoms with Crippen molar-refractivity contribution in [3.05, 3.63) is 76.9 Å². The lowest BCUT2D eigenvalue weighted by atomic mass is 9.90. The highest BCUT2D eigenvalue weighted by atomic mass is 19.4. The van der Waals surface area contributed by atoms with Gasteiger partial charge in [-0.2, -0.15) is 13.2 Å². The van der Waals surface area contributed by atoms with Gasteiger partial charge in [-0.25, -0.2) is 4.90 Å². The van der Waals surface area contributed by atoms with E-state index < -0.39 is 23.6 Å². The van der Waals surface area contributed by atoms with Gasteiger partial charge in [-0.3, -0.25) is 19.3 Å². The number of halogens is 3. The number of β-amino-alcohol motifs (C(OH)–C–C–N with tert-alkyl or cyclic N) is 1. The number of imide groups is 1. The van der Waals surface area contributed by atoms with Crippen LogP contribution >= 0.6 is 0 Å². The van der Waals surface area contributed by atoms with E-state index >= 15 is 0 Å². The molecule has 3 aromatic rings. The fourth-order valence-corrected chi connectivity index (χ4v) is 4.82. The number of piperazine rings is 1. The molecule has 5 rings (SSSR count). The first-order chi connectivity index (χ1) is 17.2. The smallest absolute Gasteiger partial charge is 0.395 e. The molecule has 186 valence electrons. The summed E-state index contributed by atoms with van der Waals surface area (Å²) >= 11 is 0. The molecule has 0 bridgehead atoms. The largest absolute Gasteiger partial charge is 0.416 e. The number of amides is 3.